The van der Waals surface area contributed by atoms with Gasteiger partial charge in [0.2, 0.25) is 5.91 Å². The molecule has 1 rings (SSSR count). The van der Waals surface area contributed by atoms with Crippen molar-refractivity contribution in [3.63, 3.8) is 0 Å². The zero-order valence-corrected chi connectivity index (χ0v) is 12.5. The van der Waals surface area contributed by atoms with Gasteiger partial charge in [-0.3, -0.25) is 4.79 Å². The van der Waals surface area contributed by atoms with Gasteiger partial charge in [0.15, 0.2) is 11.5 Å². The highest BCUT2D eigenvalue weighted by atomic mass is 16.5. The summed E-state index contributed by atoms with van der Waals surface area (Å²) in [5, 5.41) is 6.10. The number of carbonyl (C=O) groups is 1. The van der Waals surface area contributed by atoms with Gasteiger partial charge in [0.05, 0.1) is 13.7 Å². The summed E-state index contributed by atoms with van der Waals surface area (Å²) in [6, 6.07) is 5.93. The zero-order valence-electron chi connectivity index (χ0n) is 12.5. The minimum absolute atomic E-state index is 0.0150. The summed E-state index contributed by atoms with van der Waals surface area (Å²) >= 11 is 0. The number of methoxy groups -OCH3 is 1. The minimum atomic E-state index is 0.0150. The summed E-state index contributed by atoms with van der Waals surface area (Å²) in [5.74, 6) is 1.54. The Kier molecular flexibility index (Phi) is 7.50. The lowest BCUT2D eigenvalue weighted by Crippen LogP contribution is -2.24. The Balaban J connectivity index is 2.35. The molecular weight excluding hydrogens is 256 g/mol. The smallest absolute Gasteiger partial charge is 0.216 e. The first-order valence-corrected chi connectivity index (χ1v) is 6.92. The molecule has 2 N–H and O–H groups in total. The second-order valence-corrected chi connectivity index (χ2v) is 4.43. The van der Waals surface area contributed by atoms with Crippen molar-refractivity contribution in [2.75, 3.05) is 26.8 Å². The second kappa shape index (κ2) is 9.20. The van der Waals surface area contributed by atoms with E-state index in [4.69, 9.17) is 9.47 Å². The van der Waals surface area contributed by atoms with Crippen LogP contribution in [-0.4, -0.2) is 32.7 Å². The third-order valence-electron chi connectivity index (χ3n) is 2.76. The molecule has 20 heavy (non-hydrogen) atoms. The first-order chi connectivity index (χ1) is 9.67. The Morgan fingerprint density at radius 3 is 2.70 bits per heavy atom. The number of hydrogen-bond donors (Lipinski definition) is 2. The van der Waals surface area contributed by atoms with E-state index in [0.29, 0.717) is 13.2 Å². The van der Waals surface area contributed by atoms with Crippen molar-refractivity contribution < 1.29 is 14.3 Å². The fourth-order valence-corrected chi connectivity index (χ4v) is 1.81. The normalized spacial score (nSPS) is 10.2. The fourth-order valence-electron chi connectivity index (χ4n) is 1.81. The molecule has 1 aromatic carbocycles. The molecule has 0 saturated carbocycles. The highest BCUT2D eigenvalue weighted by Crippen LogP contribution is 2.27. The van der Waals surface area contributed by atoms with Crippen molar-refractivity contribution in [1.29, 1.82) is 0 Å². The Bertz CT molecular complexity index is 422. The molecule has 0 radical (unpaired) electrons. The quantitative estimate of drug-likeness (QED) is 0.676. The number of hydrogen-bond acceptors (Lipinski definition) is 4. The lowest BCUT2D eigenvalue weighted by molar-refractivity contribution is -0.118. The van der Waals surface area contributed by atoms with Crippen LogP contribution in [0.3, 0.4) is 0 Å². The van der Waals surface area contributed by atoms with Crippen molar-refractivity contribution in [1.82, 2.24) is 10.6 Å². The van der Waals surface area contributed by atoms with Crippen molar-refractivity contribution >= 4 is 5.91 Å². The van der Waals surface area contributed by atoms with Crippen LogP contribution in [0.25, 0.3) is 0 Å². The van der Waals surface area contributed by atoms with E-state index in [9.17, 15) is 4.79 Å². The van der Waals surface area contributed by atoms with Crippen molar-refractivity contribution in [2.45, 2.75) is 26.8 Å². The number of carbonyl (C=O) groups excluding carboxylic acids is 1. The Morgan fingerprint density at radius 2 is 2.05 bits per heavy atom. The lowest BCUT2D eigenvalue weighted by atomic mass is 10.2. The summed E-state index contributed by atoms with van der Waals surface area (Å²) in [7, 11) is 1.64. The molecule has 0 atom stereocenters. The molecule has 5 nitrogen and oxygen atoms in total. The molecule has 112 valence electrons. The highest BCUT2D eigenvalue weighted by molar-refractivity contribution is 5.72. The summed E-state index contributed by atoms with van der Waals surface area (Å²) in [5.41, 5.74) is 1.14. The molecule has 0 unspecified atom stereocenters. The van der Waals surface area contributed by atoms with E-state index in [1.54, 1.807) is 7.11 Å². The Labute approximate surface area is 120 Å². The number of ether oxygens (including phenoxy) is 2. The largest absolute Gasteiger partial charge is 0.493 e. The SMILES string of the molecule is CCOc1ccc(CNCCCNC(C)=O)cc1OC. The van der Waals surface area contributed by atoms with Crippen LogP contribution in [0.15, 0.2) is 18.2 Å². The maximum Gasteiger partial charge on any atom is 0.216 e. The van der Waals surface area contributed by atoms with Crippen LogP contribution in [-0.2, 0) is 11.3 Å². The molecule has 0 bridgehead atoms. The molecule has 0 aliphatic rings. The van der Waals surface area contributed by atoms with Gasteiger partial charge in [-0.25, -0.2) is 0 Å². The summed E-state index contributed by atoms with van der Waals surface area (Å²) in [6.45, 7) is 6.42. The van der Waals surface area contributed by atoms with Gasteiger partial charge in [0.1, 0.15) is 0 Å². The van der Waals surface area contributed by atoms with Crippen LogP contribution in [0.4, 0.5) is 0 Å². The molecule has 0 aliphatic carbocycles. The molecule has 0 spiro atoms. The molecule has 0 saturated heterocycles. The second-order valence-electron chi connectivity index (χ2n) is 4.43. The first kappa shape index (κ1) is 16.3. The van der Waals surface area contributed by atoms with Gasteiger partial charge in [-0.15, -0.1) is 0 Å². The number of rotatable bonds is 9. The van der Waals surface area contributed by atoms with E-state index in [1.165, 1.54) is 6.92 Å². The van der Waals surface area contributed by atoms with Gasteiger partial charge in [-0.1, -0.05) is 6.07 Å². The Morgan fingerprint density at radius 1 is 1.25 bits per heavy atom. The summed E-state index contributed by atoms with van der Waals surface area (Å²) < 4.78 is 10.8. The van der Waals surface area contributed by atoms with Crippen molar-refractivity contribution in [2.24, 2.45) is 0 Å². The minimum Gasteiger partial charge on any atom is -0.493 e. The van der Waals surface area contributed by atoms with E-state index < -0.39 is 0 Å². The van der Waals surface area contributed by atoms with Gasteiger partial charge in [-0.05, 0) is 37.6 Å². The van der Waals surface area contributed by atoms with E-state index in [0.717, 1.165) is 36.6 Å². The van der Waals surface area contributed by atoms with E-state index >= 15 is 0 Å². The van der Waals surface area contributed by atoms with Gasteiger partial charge in [0, 0.05) is 20.0 Å². The molecule has 0 fully saturated rings. The first-order valence-electron chi connectivity index (χ1n) is 6.92. The topological polar surface area (TPSA) is 59.6 Å². The number of benzene rings is 1. The molecule has 1 aromatic rings. The van der Waals surface area contributed by atoms with Gasteiger partial charge in [0.25, 0.3) is 0 Å². The van der Waals surface area contributed by atoms with E-state index in [1.807, 2.05) is 25.1 Å². The molecular formula is C15H24N2O3. The van der Waals surface area contributed by atoms with Crippen LogP contribution in [0, 0.1) is 0 Å². The molecule has 1 amide bonds. The average Bonchev–Trinajstić information content (AvgIpc) is 2.44. The fraction of sp³-hybridized carbons (Fsp3) is 0.533. The highest BCUT2D eigenvalue weighted by Gasteiger charge is 2.04. The van der Waals surface area contributed by atoms with Gasteiger partial charge < -0.3 is 20.1 Å². The van der Waals surface area contributed by atoms with Crippen LogP contribution < -0.4 is 20.1 Å². The molecule has 5 heteroatoms. The average molecular weight is 280 g/mol. The molecule has 0 heterocycles. The predicted octanol–water partition coefficient (Wildman–Crippen LogP) is 1.71. The van der Waals surface area contributed by atoms with Gasteiger partial charge >= 0.3 is 0 Å². The third-order valence-corrected chi connectivity index (χ3v) is 2.76. The van der Waals surface area contributed by atoms with E-state index in [-0.39, 0.29) is 5.91 Å². The maximum atomic E-state index is 10.7. The number of amides is 1. The lowest BCUT2D eigenvalue weighted by Gasteiger charge is -2.11. The summed E-state index contributed by atoms with van der Waals surface area (Å²) in [4.78, 5) is 10.7. The Hall–Kier alpha value is -1.75. The van der Waals surface area contributed by atoms with Crippen LogP contribution in [0.1, 0.15) is 25.8 Å². The number of nitrogens with one attached hydrogen (secondary N) is 2. The van der Waals surface area contributed by atoms with Gasteiger partial charge in [-0.2, -0.15) is 0 Å². The standard InChI is InChI=1S/C15H24N2O3/c1-4-20-14-7-6-13(10-15(14)19-3)11-16-8-5-9-17-12(2)18/h6-7,10,16H,4-5,8-9,11H2,1-3H3,(H,17,18). The summed E-state index contributed by atoms with van der Waals surface area (Å²) in [6.07, 6.45) is 0.910. The van der Waals surface area contributed by atoms with Crippen LogP contribution in [0.2, 0.25) is 0 Å². The maximum absolute atomic E-state index is 10.7. The van der Waals surface area contributed by atoms with Crippen LogP contribution in [0.5, 0.6) is 11.5 Å². The zero-order chi connectivity index (χ0) is 14.8. The van der Waals surface area contributed by atoms with E-state index in [2.05, 4.69) is 10.6 Å². The van der Waals surface area contributed by atoms with Crippen molar-refractivity contribution in [3.8, 4) is 11.5 Å². The molecule has 0 aromatic heterocycles. The third kappa shape index (κ3) is 5.93. The molecule has 0 aliphatic heterocycles. The predicted molar refractivity (Wildman–Crippen MR) is 79.2 cm³/mol. The monoisotopic (exact) mass is 280 g/mol. The van der Waals surface area contributed by atoms with Crippen molar-refractivity contribution in [3.05, 3.63) is 23.8 Å². The van der Waals surface area contributed by atoms with Crippen LogP contribution >= 0.6 is 0 Å².